The molecule has 0 bridgehead atoms. The lowest BCUT2D eigenvalue weighted by Crippen LogP contribution is -2.32. The molecule has 0 saturated carbocycles. The lowest BCUT2D eigenvalue weighted by atomic mass is 10.1. The fourth-order valence-electron chi connectivity index (χ4n) is 3.65. The average Bonchev–Trinajstić information content (AvgIpc) is 3.29. The Morgan fingerprint density at radius 1 is 0.931 bits per heavy atom. The molecule has 1 fully saturated rings. The number of likely N-dealkylation sites (tertiary alicyclic amines) is 1. The number of benzene rings is 3. The Bertz CT molecular complexity index is 1040. The Morgan fingerprint density at radius 3 is 2.45 bits per heavy atom. The van der Waals surface area contributed by atoms with Crippen LogP contribution in [-0.2, 0) is 4.79 Å². The van der Waals surface area contributed by atoms with Crippen LogP contribution >= 0.6 is 0 Å². The van der Waals surface area contributed by atoms with Crippen molar-refractivity contribution < 1.29 is 14.3 Å². The van der Waals surface area contributed by atoms with E-state index in [4.69, 9.17) is 4.74 Å². The molecular weight excluding hydrogens is 364 g/mol. The van der Waals surface area contributed by atoms with Gasteiger partial charge in [-0.25, -0.2) is 0 Å². The number of ether oxygens (including phenoxy) is 1. The van der Waals surface area contributed by atoms with E-state index >= 15 is 0 Å². The molecule has 1 atom stereocenters. The van der Waals surface area contributed by atoms with Crippen molar-refractivity contribution in [2.45, 2.75) is 25.9 Å². The molecule has 0 aromatic heterocycles. The second-order valence-corrected chi connectivity index (χ2v) is 7.27. The second kappa shape index (κ2) is 8.35. The van der Waals surface area contributed by atoms with Crippen LogP contribution in [0.3, 0.4) is 0 Å². The van der Waals surface area contributed by atoms with Gasteiger partial charge in [0.15, 0.2) is 6.10 Å². The van der Waals surface area contributed by atoms with Crippen molar-refractivity contribution >= 4 is 28.3 Å². The van der Waals surface area contributed by atoms with Crippen molar-refractivity contribution in [3.63, 3.8) is 0 Å². The molecule has 0 radical (unpaired) electrons. The third-order valence-corrected chi connectivity index (χ3v) is 5.23. The van der Waals surface area contributed by atoms with Gasteiger partial charge in [-0.3, -0.25) is 9.59 Å². The number of hydrogen-bond donors (Lipinski definition) is 1. The van der Waals surface area contributed by atoms with Gasteiger partial charge in [-0.2, -0.15) is 0 Å². The minimum Gasteiger partial charge on any atom is -0.480 e. The van der Waals surface area contributed by atoms with E-state index in [0.29, 0.717) is 17.0 Å². The van der Waals surface area contributed by atoms with Crippen molar-refractivity contribution in [1.29, 1.82) is 0 Å². The zero-order valence-electron chi connectivity index (χ0n) is 16.4. The topological polar surface area (TPSA) is 58.6 Å². The molecule has 0 aliphatic carbocycles. The monoisotopic (exact) mass is 388 g/mol. The third-order valence-electron chi connectivity index (χ3n) is 5.23. The molecule has 5 nitrogen and oxygen atoms in total. The van der Waals surface area contributed by atoms with Gasteiger partial charge in [0.05, 0.1) is 11.3 Å². The van der Waals surface area contributed by atoms with Crippen LogP contribution in [0.5, 0.6) is 5.75 Å². The molecule has 0 spiro atoms. The first-order valence-corrected chi connectivity index (χ1v) is 9.97. The highest BCUT2D eigenvalue weighted by Crippen LogP contribution is 2.26. The Balaban J connectivity index is 1.50. The van der Waals surface area contributed by atoms with Crippen molar-refractivity contribution in [1.82, 2.24) is 4.90 Å². The lowest BCUT2D eigenvalue weighted by molar-refractivity contribution is -0.122. The molecule has 0 unspecified atom stereocenters. The summed E-state index contributed by atoms with van der Waals surface area (Å²) in [4.78, 5) is 27.4. The summed E-state index contributed by atoms with van der Waals surface area (Å²) in [6.45, 7) is 3.24. The van der Waals surface area contributed by atoms with E-state index in [1.807, 2.05) is 59.5 Å². The maximum absolute atomic E-state index is 12.8. The van der Waals surface area contributed by atoms with Gasteiger partial charge < -0.3 is 15.0 Å². The van der Waals surface area contributed by atoms with Gasteiger partial charge in [0, 0.05) is 18.5 Å². The van der Waals surface area contributed by atoms with Crippen LogP contribution in [0.4, 0.5) is 5.69 Å². The molecule has 3 aromatic rings. The molecule has 3 aromatic carbocycles. The Hall–Kier alpha value is -3.34. The van der Waals surface area contributed by atoms with E-state index in [0.717, 1.165) is 36.7 Å². The standard InChI is InChI=1S/C24H24N2O3/c1-17(29-22-14-8-10-18-9-2-3-11-19(18)22)23(27)25-21-13-5-4-12-20(21)24(28)26-15-6-7-16-26/h2-5,8-14,17H,6-7,15-16H2,1H3,(H,25,27)/t17-/m0/s1. The number of rotatable bonds is 5. The smallest absolute Gasteiger partial charge is 0.265 e. The van der Waals surface area contributed by atoms with Crippen LogP contribution in [0.1, 0.15) is 30.1 Å². The maximum atomic E-state index is 12.8. The van der Waals surface area contributed by atoms with E-state index in [1.165, 1.54) is 0 Å². The van der Waals surface area contributed by atoms with Crippen LogP contribution in [0.2, 0.25) is 0 Å². The molecule has 1 saturated heterocycles. The minimum atomic E-state index is -0.712. The summed E-state index contributed by atoms with van der Waals surface area (Å²) < 4.78 is 5.95. The normalized spacial score (nSPS) is 14.6. The first kappa shape index (κ1) is 19.0. The summed E-state index contributed by atoms with van der Waals surface area (Å²) in [5.41, 5.74) is 1.03. The number of para-hydroxylation sites is 1. The summed E-state index contributed by atoms with van der Waals surface area (Å²) in [6.07, 6.45) is 1.34. The fraction of sp³-hybridized carbons (Fsp3) is 0.250. The summed E-state index contributed by atoms with van der Waals surface area (Å²) in [5, 5.41) is 4.88. The minimum absolute atomic E-state index is 0.0407. The molecule has 4 rings (SSSR count). The second-order valence-electron chi connectivity index (χ2n) is 7.27. The highest BCUT2D eigenvalue weighted by Gasteiger charge is 2.23. The molecule has 5 heteroatoms. The number of nitrogens with one attached hydrogen (secondary N) is 1. The van der Waals surface area contributed by atoms with Gasteiger partial charge in [0.2, 0.25) is 0 Å². The van der Waals surface area contributed by atoms with Crippen molar-refractivity contribution in [2.24, 2.45) is 0 Å². The fourth-order valence-corrected chi connectivity index (χ4v) is 3.65. The van der Waals surface area contributed by atoms with Crippen LogP contribution in [0.15, 0.2) is 66.7 Å². The quantitative estimate of drug-likeness (QED) is 0.701. The largest absolute Gasteiger partial charge is 0.480 e. The Morgan fingerprint density at radius 2 is 1.62 bits per heavy atom. The molecule has 1 heterocycles. The SMILES string of the molecule is C[C@H](Oc1cccc2ccccc12)C(=O)Nc1ccccc1C(=O)N1CCCC1. The molecule has 2 amide bonds. The van der Waals surface area contributed by atoms with Crippen molar-refractivity contribution in [3.05, 3.63) is 72.3 Å². The zero-order valence-corrected chi connectivity index (χ0v) is 16.4. The predicted octanol–water partition coefficient (Wildman–Crippen LogP) is 4.48. The summed E-state index contributed by atoms with van der Waals surface area (Å²) in [5.74, 6) is 0.327. The number of nitrogens with zero attached hydrogens (tertiary/aromatic N) is 1. The molecule has 29 heavy (non-hydrogen) atoms. The van der Waals surface area contributed by atoms with Gasteiger partial charge in [-0.15, -0.1) is 0 Å². The van der Waals surface area contributed by atoms with Crippen molar-refractivity contribution in [3.8, 4) is 5.75 Å². The summed E-state index contributed by atoms with van der Waals surface area (Å²) in [7, 11) is 0. The molecular formula is C24H24N2O3. The van der Waals surface area contributed by atoms with E-state index in [2.05, 4.69) is 5.32 Å². The molecule has 1 N–H and O–H groups in total. The van der Waals surface area contributed by atoms with E-state index in [-0.39, 0.29) is 11.8 Å². The van der Waals surface area contributed by atoms with Gasteiger partial charge in [-0.05, 0) is 43.4 Å². The van der Waals surface area contributed by atoms with Gasteiger partial charge >= 0.3 is 0 Å². The molecule has 1 aliphatic heterocycles. The van der Waals surface area contributed by atoms with E-state index in [1.54, 1.807) is 19.1 Å². The third kappa shape index (κ3) is 4.09. The highest BCUT2D eigenvalue weighted by atomic mass is 16.5. The van der Waals surface area contributed by atoms with Gasteiger partial charge in [0.1, 0.15) is 5.75 Å². The maximum Gasteiger partial charge on any atom is 0.265 e. The summed E-state index contributed by atoms with van der Waals surface area (Å²) >= 11 is 0. The highest BCUT2D eigenvalue weighted by molar-refractivity contribution is 6.04. The first-order valence-electron chi connectivity index (χ1n) is 9.97. The van der Waals surface area contributed by atoms with Crippen LogP contribution in [-0.4, -0.2) is 35.9 Å². The average molecular weight is 388 g/mol. The van der Waals surface area contributed by atoms with Crippen LogP contribution < -0.4 is 10.1 Å². The molecule has 1 aliphatic rings. The zero-order chi connectivity index (χ0) is 20.2. The first-order chi connectivity index (χ1) is 14.1. The number of carbonyl (C=O) groups excluding carboxylic acids is 2. The number of carbonyl (C=O) groups is 2. The number of amides is 2. The Labute approximate surface area is 170 Å². The van der Waals surface area contributed by atoms with Gasteiger partial charge in [-0.1, -0.05) is 48.5 Å². The molecule has 148 valence electrons. The number of anilines is 1. The van der Waals surface area contributed by atoms with Crippen LogP contribution in [0, 0.1) is 0 Å². The lowest BCUT2D eigenvalue weighted by Gasteiger charge is -2.20. The van der Waals surface area contributed by atoms with Crippen molar-refractivity contribution in [2.75, 3.05) is 18.4 Å². The van der Waals surface area contributed by atoms with Gasteiger partial charge in [0.25, 0.3) is 11.8 Å². The number of fused-ring (bicyclic) bond motifs is 1. The number of hydrogen-bond acceptors (Lipinski definition) is 3. The van der Waals surface area contributed by atoms with E-state index < -0.39 is 6.10 Å². The van der Waals surface area contributed by atoms with E-state index in [9.17, 15) is 9.59 Å². The van der Waals surface area contributed by atoms with Crippen LogP contribution in [0.25, 0.3) is 10.8 Å². The summed E-state index contributed by atoms with van der Waals surface area (Å²) in [6, 6.07) is 20.8. The Kier molecular flexibility index (Phi) is 5.47. The predicted molar refractivity (Wildman–Crippen MR) is 114 cm³/mol.